The minimum Gasteiger partial charge on any atom is -0.320 e. The summed E-state index contributed by atoms with van der Waals surface area (Å²) in [7, 11) is 2.00. The SMILES string of the molecule is CC.CCCCCNC.NOCCCCCC=O. The Morgan fingerprint density at radius 1 is 1.11 bits per heavy atom. The zero-order valence-corrected chi connectivity index (χ0v) is 12.8. The first-order valence-corrected chi connectivity index (χ1v) is 7.23. The largest absolute Gasteiger partial charge is 0.320 e. The summed E-state index contributed by atoms with van der Waals surface area (Å²) in [5.41, 5.74) is 0. The van der Waals surface area contributed by atoms with Crippen molar-refractivity contribution >= 4 is 6.29 Å². The van der Waals surface area contributed by atoms with Gasteiger partial charge in [-0.05, 0) is 32.9 Å². The first-order valence-electron chi connectivity index (χ1n) is 7.23. The van der Waals surface area contributed by atoms with Gasteiger partial charge in [-0.2, -0.15) is 0 Å². The van der Waals surface area contributed by atoms with Crippen molar-refractivity contribution in [3.63, 3.8) is 0 Å². The summed E-state index contributed by atoms with van der Waals surface area (Å²) in [5, 5.41) is 3.10. The van der Waals surface area contributed by atoms with Crippen molar-refractivity contribution in [1.29, 1.82) is 0 Å². The highest BCUT2D eigenvalue weighted by atomic mass is 16.6. The van der Waals surface area contributed by atoms with E-state index in [0.29, 0.717) is 13.0 Å². The molecule has 0 bridgehead atoms. The number of nitrogens with one attached hydrogen (secondary N) is 1. The molecule has 112 valence electrons. The number of unbranched alkanes of at least 4 members (excludes halogenated alkanes) is 5. The number of hydrogen-bond donors (Lipinski definition) is 2. The maximum atomic E-state index is 9.78. The van der Waals surface area contributed by atoms with Gasteiger partial charge in [-0.3, -0.25) is 0 Å². The molecular weight excluding hydrogens is 228 g/mol. The second-order valence-electron chi connectivity index (χ2n) is 3.70. The summed E-state index contributed by atoms with van der Waals surface area (Å²) in [4.78, 5) is 14.1. The van der Waals surface area contributed by atoms with Crippen LogP contribution in [0.2, 0.25) is 0 Å². The molecule has 0 heterocycles. The predicted octanol–water partition coefficient (Wildman–Crippen LogP) is 3.06. The highest BCUT2D eigenvalue weighted by Crippen LogP contribution is 1.96. The zero-order valence-electron chi connectivity index (χ0n) is 12.8. The number of hydrogen-bond acceptors (Lipinski definition) is 4. The average Bonchev–Trinajstić information content (AvgIpc) is 2.42. The third-order valence-corrected chi connectivity index (χ3v) is 2.11. The van der Waals surface area contributed by atoms with Gasteiger partial charge in [-0.1, -0.05) is 40.0 Å². The zero-order chi connectivity index (χ0) is 14.5. The van der Waals surface area contributed by atoms with Gasteiger partial charge < -0.3 is 14.9 Å². The summed E-state index contributed by atoms with van der Waals surface area (Å²) in [5.74, 6) is 4.77. The predicted molar refractivity (Wildman–Crippen MR) is 79.5 cm³/mol. The minimum absolute atomic E-state index is 0.596. The summed E-state index contributed by atoms with van der Waals surface area (Å²) >= 11 is 0. The summed E-state index contributed by atoms with van der Waals surface area (Å²) < 4.78 is 0. The lowest BCUT2D eigenvalue weighted by Crippen LogP contribution is -2.06. The number of carbonyl (C=O) groups excluding carboxylic acids is 1. The van der Waals surface area contributed by atoms with Crippen molar-refractivity contribution in [3.8, 4) is 0 Å². The Balaban J connectivity index is -0.000000225. The third kappa shape index (κ3) is 36.1. The molecule has 0 unspecified atom stereocenters. The quantitative estimate of drug-likeness (QED) is 0.361. The summed E-state index contributed by atoms with van der Waals surface area (Å²) in [6.45, 7) is 7.99. The fraction of sp³-hybridized carbons (Fsp3) is 0.929. The Labute approximate surface area is 114 Å². The fourth-order valence-electron chi connectivity index (χ4n) is 1.14. The highest BCUT2D eigenvalue weighted by molar-refractivity contribution is 5.48. The number of carbonyl (C=O) groups is 1. The van der Waals surface area contributed by atoms with E-state index in [2.05, 4.69) is 17.1 Å². The first-order chi connectivity index (χ1) is 8.83. The molecule has 0 aliphatic rings. The number of aldehydes is 1. The Kier molecular flexibility index (Phi) is 37.8. The van der Waals surface area contributed by atoms with Gasteiger partial charge in [0, 0.05) is 6.42 Å². The van der Waals surface area contributed by atoms with Gasteiger partial charge in [0.15, 0.2) is 0 Å². The smallest absolute Gasteiger partial charge is 0.119 e. The lowest BCUT2D eigenvalue weighted by molar-refractivity contribution is -0.107. The van der Waals surface area contributed by atoms with E-state index in [-0.39, 0.29) is 0 Å². The van der Waals surface area contributed by atoms with E-state index in [1.165, 1.54) is 25.8 Å². The van der Waals surface area contributed by atoms with Crippen LogP contribution in [0.4, 0.5) is 0 Å². The van der Waals surface area contributed by atoms with Crippen LogP contribution in [0, 0.1) is 0 Å². The molecule has 0 aliphatic heterocycles. The molecule has 0 aromatic carbocycles. The molecule has 0 amide bonds. The van der Waals surface area contributed by atoms with Crippen molar-refractivity contribution in [2.75, 3.05) is 20.2 Å². The molecule has 0 saturated heterocycles. The second kappa shape index (κ2) is 30.0. The van der Waals surface area contributed by atoms with E-state index in [0.717, 1.165) is 25.5 Å². The van der Waals surface area contributed by atoms with Crippen molar-refractivity contribution in [2.24, 2.45) is 5.90 Å². The van der Waals surface area contributed by atoms with E-state index in [4.69, 9.17) is 5.90 Å². The van der Waals surface area contributed by atoms with Crippen LogP contribution in [0.25, 0.3) is 0 Å². The van der Waals surface area contributed by atoms with Crippen molar-refractivity contribution in [1.82, 2.24) is 5.32 Å². The van der Waals surface area contributed by atoms with E-state index < -0.39 is 0 Å². The van der Waals surface area contributed by atoms with E-state index >= 15 is 0 Å². The normalized spacial score (nSPS) is 8.72. The molecule has 0 saturated carbocycles. The van der Waals surface area contributed by atoms with Gasteiger partial charge in [0.05, 0.1) is 6.61 Å². The maximum absolute atomic E-state index is 9.78. The minimum atomic E-state index is 0.596. The lowest BCUT2D eigenvalue weighted by atomic mass is 10.2. The molecule has 4 heteroatoms. The van der Waals surface area contributed by atoms with Gasteiger partial charge in [0.25, 0.3) is 0 Å². The number of nitrogens with two attached hydrogens (primary N) is 1. The highest BCUT2D eigenvalue weighted by Gasteiger charge is 1.86. The maximum Gasteiger partial charge on any atom is 0.119 e. The van der Waals surface area contributed by atoms with Crippen LogP contribution in [0.15, 0.2) is 0 Å². The van der Waals surface area contributed by atoms with Crippen LogP contribution in [0.1, 0.15) is 65.7 Å². The van der Waals surface area contributed by atoms with Crippen molar-refractivity contribution in [2.45, 2.75) is 65.7 Å². The molecule has 0 fully saturated rings. The van der Waals surface area contributed by atoms with Crippen LogP contribution < -0.4 is 11.2 Å². The van der Waals surface area contributed by atoms with Gasteiger partial charge in [0.1, 0.15) is 6.29 Å². The van der Waals surface area contributed by atoms with Gasteiger partial charge >= 0.3 is 0 Å². The molecule has 0 spiro atoms. The third-order valence-electron chi connectivity index (χ3n) is 2.11. The van der Waals surface area contributed by atoms with Gasteiger partial charge in [-0.15, -0.1) is 0 Å². The Morgan fingerprint density at radius 3 is 2.22 bits per heavy atom. The Hall–Kier alpha value is -0.450. The Morgan fingerprint density at radius 2 is 1.78 bits per heavy atom. The Bertz CT molecular complexity index is 118. The molecule has 0 radical (unpaired) electrons. The average molecular weight is 262 g/mol. The lowest BCUT2D eigenvalue weighted by Gasteiger charge is -1.94. The molecular formula is C14H34N2O2. The van der Waals surface area contributed by atoms with Crippen molar-refractivity contribution < 1.29 is 9.63 Å². The summed E-state index contributed by atoms with van der Waals surface area (Å²) in [6, 6.07) is 0. The van der Waals surface area contributed by atoms with Crippen LogP contribution >= 0.6 is 0 Å². The number of rotatable bonds is 10. The summed E-state index contributed by atoms with van der Waals surface area (Å²) in [6.07, 6.45) is 8.52. The van der Waals surface area contributed by atoms with Crippen LogP contribution in [-0.4, -0.2) is 26.5 Å². The van der Waals surface area contributed by atoms with Gasteiger partial charge in [0.2, 0.25) is 0 Å². The molecule has 0 aromatic rings. The monoisotopic (exact) mass is 262 g/mol. The molecule has 0 aliphatic carbocycles. The standard InChI is InChI=1S/C6H13NO2.C6H15N.C2H6/c7-9-6-4-2-1-3-5-8;1-3-4-5-6-7-2;1-2/h5H,1-4,6-7H2;7H,3-6H2,1-2H3;1-2H3. The van der Waals surface area contributed by atoms with E-state index in [1.54, 1.807) is 0 Å². The van der Waals surface area contributed by atoms with Crippen molar-refractivity contribution in [3.05, 3.63) is 0 Å². The molecule has 0 rings (SSSR count). The molecule has 18 heavy (non-hydrogen) atoms. The molecule has 4 nitrogen and oxygen atoms in total. The topological polar surface area (TPSA) is 64.3 Å². The van der Waals surface area contributed by atoms with Crippen LogP contribution in [-0.2, 0) is 9.63 Å². The van der Waals surface area contributed by atoms with Crippen LogP contribution in [0.5, 0.6) is 0 Å². The molecule has 0 aromatic heterocycles. The first kappa shape index (κ1) is 22.7. The van der Waals surface area contributed by atoms with E-state index in [9.17, 15) is 4.79 Å². The van der Waals surface area contributed by atoms with Gasteiger partial charge in [-0.25, -0.2) is 5.90 Å². The molecule has 3 N–H and O–H groups in total. The van der Waals surface area contributed by atoms with Crippen LogP contribution in [0.3, 0.4) is 0 Å². The fourth-order valence-corrected chi connectivity index (χ4v) is 1.14. The second-order valence-corrected chi connectivity index (χ2v) is 3.70. The van der Waals surface area contributed by atoms with E-state index in [1.807, 2.05) is 20.9 Å². The molecule has 0 atom stereocenters.